The van der Waals surface area contributed by atoms with E-state index in [1.165, 1.54) is 0 Å². The number of amides is 1. The molecule has 0 unspecified atom stereocenters. The number of carbonyl (C=O) groups excluding carboxylic acids is 1. The fourth-order valence-electron chi connectivity index (χ4n) is 3.92. The highest BCUT2D eigenvalue weighted by Gasteiger charge is 2.29. The third kappa shape index (κ3) is 5.02. The third-order valence-corrected chi connectivity index (χ3v) is 5.71. The van der Waals surface area contributed by atoms with E-state index >= 15 is 0 Å². The maximum Gasteiger partial charge on any atom is 0.243 e. The van der Waals surface area contributed by atoms with Gasteiger partial charge in [-0.15, -0.1) is 0 Å². The summed E-state index contributed by atoms with van der Waals surface area (Å²) in [5.74, 6) is 0.346. The summed E-state index contributed by atoms with van der Waals surface area (Å²) in [6.07, 6.45) is 0.573. The average Bonchev–Trinajstić information content (AvgIpc) is 2.89. The van der Waals surface area contributed by atoms with Crippen molar-refractivity contribution in [3.63, 3.8) is 0 Å². The first-order valence-corrected chi connectivity index (χ1v) is 11.1. The fraction of sp³-hybridized carbons (Fsp3) is 0.360. The Hall–Kier alpha value is -3.90. The van der Waals surface area contributed by atoms with Crippen molar-refractivity contribution in [2.75, 3.05) is 52.0 Å². The molecule has 34 heavy (non-hydrogen) atoms. The van der Waals surface area contributed by atoms with Crippen LogP contribution in [0.3, 0.4) is 0 Å². The third-order valence-electron chi connectivity index (χ3n) is 5.71. The minimum absolute atomic E-state index is 0.362. The molecule has 1 aliphatic rings. The number of aromatic nitrogens is 2. The number of methoxy groups -OCH3 is 2. The van der Waals surface area contributed by atoms with Gasteiger partial charge in [-0.2, -0.15) is 5.26 Å². The van der Waals surface area contributed by atoms with Crippen LogP contribution in [0.5, 0.6) is 11.5 Å². The van der Waals surface area contributed by atoms with Gasteiger partial charge in [0.25, 0.3) is 0 Å². The van der Waals surface area contributed by atoms with Crippen LogP contribution in [-0.2, 0) is 16.0 Å². The van der Waals surface area contributed by atoms with Gasteiger partial charge < -0.3 is 24.4 Å². The van der Waals surface area contributed by atoms with Crippen LogP contribution in [0.4, 0.5) is 5.82 Å². The zero-order valence-electron chi connectivity index (χ0n) is 19.3. The van der Waals surface area contributed by atoms with Crippen molar-refractivity contribution in [2.45, 2.75) is 12.3 Å². The van der Waals surface area contributed by atoms with Gasteiger partial charge in [0.2, 0.25) is 5.91 Å². The Morgan fingerprint density at radius 1 is 1.12 bits per heavy atom. The summed E-state index contributed by atoms with van der Waals surface area (Å²) in [5, 5.41) is 12.8. The summed E-state index contributed by atoms with van der Waals surface area (Å²) in [4.78, 5) is 24.6. The lowest BCUT2D eigenvalue weighted by molar-refractivity contribution is -0.121. The molecule has 1 amide bonds. The number of rotatable bonds is 8. The van der Waals surface area contributed by atoms with Crippen molar-refractivity contribution in [1.82, 2.24) is 15.3 Å². The average molecular weight is 462 g/mol. The van der Waals surface area contributed by atoms with Crippen LogP contribution >= 0.6 is 0 Å². The summed E-state index contributed by atoms with van der Waals surface area (Å²) in [6, 6.07) is 15.2. The molecule has 1 saturated heterocycles. The van der Waals surface area contributed by atoms with Crippen LogP contribution < -0.4 is 19.7 Å². The number of ether oxygens (including phenoxy) is 3. The zero-order chi connectivity index (χ0) is 23.9. The molecule has 0 radical (unpaired) electrons. The molecule has 1 aromatic heterocycles. The van der Waals surface area contributed by atoms with Crippen molar-refractivity contribution in [2.24, 2.45) is 0 Å². The van der Waals surface area contributed by atoms with Crippen LogP contribution in [0.15, 0.2) is 42.5 Å². The van der Waals surface area contributed by atoms with Gasteiger partial charge in [0.1, 0.15) is 5.69 Å². The minimum atomic E-state index is -1.08. The van der Waals surface area contributed by atoms with Crippen LogP contribution in [0.25, 0.3) is 11.0 Å². The van der Waals surface area contributed by atoms with Crippen molar-refractivity contribution < 1.29 is 19.0 Å². The van der Waals surface area contributed by atoms with E-state index in [1.807, 2.05) is 47.4 Å². The maximum absolute atomic E-state index is 13.1. The van der Waals surface area contributed by atoms with Gasteiger partial charge in [0.05, 0.1) is 44.5 Å². The minimum Gasteiger partial charge on any atom is -0.493 e. The number of hydrogen-bond donors (Lipinski definition) is 1. The number of carbonyl (C=O) groups is 1. The predicted molar refractivity (Wildman–Crippen MR) is 127 cm³/mol. The standard InChI is InChI=1S/C25H27N5O4/c1-32-21-8-7-17(15-22(21)33-2)9-10-27-25(31)18(16-26)23-24(30-11-13-34-14-12-30)29-20-6-4-3-5-19(20)28-23/h3-8,15,18H,9-14H2,1-2H3,(H,27,31)/t18-/m1/s1. The number of para-hydroxylation sites is 2. The second-order valence-corrected chi connectivity index (χ2v) is 7.81. The van der Waals surface area contributed by atoms with Gasteiger partial charge in [-0.3, -0.25) is 4.79 Å². The smallest absolute Gasteiger partial charge is 0.243 e. The van der Waals surface area contributed by atoms with Crippen molar-refractivity contribution >= 4 is 22.8 Å². The summed E-state index contributed by atoms with van der Waals surface area (Å²) in [6.45, 7) is 2.73. The van der Waals surface area contributed by atoms with Crippen LogP contribution in [0.1, 0.15) is 17.2 Å². The maximum atomic E-state index is 13.1. The molecule has 0 spiro atoms. The summed E-state index contributed by atoms with van der Waals surface area (Å²) >= 11 is 0. The SMILES string of the molecule is COc1ccc(CCNC(=O)[C@H](C#N)c2nc3ccccc3nc2N2CCOCC2)cc1OC. The lowest BCUT2D eigenvalue weighted by Crippen LogP contribution is -2.39. The number of anilines is 1. The molecule has 4 rings (SSSR count). The van der Waals surface area contributed by atoms with E-state index < -0.39 is 11.8 Å². The normalized spacial score (nSPS) is 14.3. The van der Waals surface area contributed by atoms with Gasteiger partial charge >= 0.3 is 0 Å². The Labute approximate surface area is 198 Å². The van der Waals surface area contributed by atoms with E-state index in [9.17, 15) is 10.1 Å². The summed E-state index contributed by atoms with van der Waals surface area (Å²) < 4.78 is 16.1. The van der Waals surface area contributed by atoms with Gasteiger partial charge in [0.15, 0.2) is 23.2 Å². The molecule has 9 nitrogen and oxygen atoms in total. The molecule has 1 atom stereocenters. The molecule has 1 fully saturated rings. The molecule has 1 aliphatic heterocycles. The van der Waals surface area contributed by atoms with Crippen molar-refractivity contribution in [3.05, 3.63) is 53.7 Å². The second kappa shape index (κ2) is 10.8. The lowest BCUT2D eigenvalue weighted by Gasteiger charge is -2.29. The molecule has 2 heterocycles. The number of fused-ring (bicyclic) bond motifs is 1. The first-order chi connectivity index (χ1) is 16.6. The van der Waals surface area contributed by atoms with Gasteiger partial charge in [-0.05, 0) is 36.2 Å². The number of nitrogens with zero attached hydrogens (tertiary/aromatic N) is 4. The molecule has 0 bridgehead atoms. The van der Waals surface area contributed by atoms with Crippen molar-refractivity contribution in [1.29, 1.82) is 5.26 Å². The van der Waals surface area contributed by atoms with E-state index in [1.54, 1.807) is 14.2 Å². The van der Waals surface area contributed by atoms with Crippen LogP contribution in [0, 0.1) is 11.3 Å². The Morgan fingerprint density at radius 3 is 2.50 bits per heavy atom. The highest BCUT2D eigenvalue weighted by atomic mass is 16.5. The number of nitrogens with one attached hydrogen (secondary N) is 1. The lowest BCUT2D eigenvalue weighted by atomic mass is 10.0. The number of nitriles is 1. The molecule has 3 aromatic rings. The molecule has 2 aromatic carbocycles. The van der Waals surface area contributed by atoms with Gasteiger partial charge in [0, 0.05) is 19.6 Å². The zero-order valence-corrected chi connectivity index (χ0v) is 19.3. The van der Waals surface area contributed by atoms with E-state index in [0.717, 1.165) is 11.1 Å². The van der Waals surface area contributed by atoms with Crippen LogP contribution in [-0.4, -0.2) is 62.9 Å². The highest BCUT2D eigenvalue weighted by molar-refractivity contribution is 5.88. The number of benzene rings is 2. The molecule has 176 valence electrons. The molecule has 9 heteroatoms. The molecular formula is C25H27N5O4. The molecule has 0 aliphatic carbocycles. The van der Waals surface area contributed by atoms with E-state index in [2.05, 4.69) is 11.4 Å². The van der Waals surface area contributed by atoms with Crippen LogP contribution in [0.2, 0.25) is 0 Å². The van der Waals surface area contributed by atoms with E-state index in [4.69, 9.17) is 24.2 Å². The highest BCUT2D eigenvalue weighted by Crippen LogP contribution is 2.29. The predicted octanol–water partition coefficient (Wildman–Crippen LogP) is 2.45. The largest absolute Gasteiger partial charge is 0.493 e. The number of morpholine rings is 1. The van der Waals surface area contributed by atoms with E-state index in [-0.39, 0.29) is 0 Å². The number of hydrogen-bond acceptors (Lipinski definition) is 8. The second-order valence-electron chi connectivity index (χ2n) is 7.81. The molecule has 0 saturated carbocycles. The summed E-state index contributed by atoms with van der Waals surface area (Å²) in [5.41, 5.74) is 2.71. The molecule has 1 N–H and O–H groups in total. The fourth-order valence-corrected chi connectivity index (χ4v) is 3.92. The van der Waals surface area contributed by atoms with Gasteiger partial charge in [-0.1, -0.05) is 18.2 Å². The van der Waals surface area contributed by atoms with Gasteiger partial charge in [-0.25, -0.2) is 9.97 Å². The summed E-state index contributed by atoms with van der Waals surface area (Å²) in [7, 11) is 3.16. The first-order valence-electron chi connectivity index (χ1n) is 11.1. The Morgan fingerprint density at radius 2 is 1.82 bits per heavy atom. The Kier molecular flexibility index (Phi) is 7.40. The Bertz CT molecular complexity index is 1200. The quantitative estimate of drug-likeness (QED) is 0.545. The Balaban J connectivity index is 1.53. The molecular weight excluding hydrogens is 434 g/mol. The monoisotopic (exact) mass is 461 g/mol. The topological polar surface area (TPSA) is 110 Å². The first kappa shape index (κ1) is 23.3. The van der Waals surface area contributed by atoms with E-state index in [0.29, 0.717) is 67.8 Å². The van der Waals surface area contributed by atoms with Crippen molar-refractivity contribution in [3.8, 4) is 17.6 Å².